The zero-order chi connectivity index (χ0) is 9.46. The molecule has 0 nitrogen and oxygen atoms in total. The smallest absolute Gasteiger partial charge is 0.0693 e. The second-order valence-electron chi connectivity index (χ2n) is 2.67. The Morgan fingerprint density at radius 1 is 0.385 bits per heavy atom. The molecule has 0 atom stereocenters. The minimum atomic E-state index is -0.437. The normalized spacial score (nSPS) is 51.2. The van der Waals surface area contributed by atoms with E-state index in [0.717, 1.165) is 0 Å². The van der Waals surface area contributed by atoms with Gasteiger partial charge in [-0.2, -0.15) is 0 Å². The van der Waals surface area contributed by atoms with Gasteiger partial charge in [-0.05, 0) is 0 Å². The fourth-order valence-corrected chi connectivity index (χ4v) is 3.38. The van der Waals surface area contributed by atoms with Gasteiger partial charge in [0.2, 0.25) is 0 Å². The van der Waals surface area contributed by atoms with Crippen LogP contribution in [0.5, 0.6) is 0 Å². The third kappa shape index (κ3) is 3.11. The molecule has 0 aromatic heterocycles. The Bertz CT molecular complexity index is 109. The van der Waals surface area contributed by atoms with E-state index in [1.165, 1.54) is 0 Å². The second kappa shape index (κ2) is 6.11. The van der Waals surface area contributed by atoms with Crippen molar-refractivity contribution in [3.05, 3.63) is 0 Å². The van der Waals surface area contributed by atoms with Crippen LogP contribution < -0.4 is 0 Å². The largest absolute Gasteiger partial charge is 0.120 e. The molecule has 1 rings (SSSR count). The van der Waals surface area contributed by atoms with E-state index in [1.807, 2.05) is 0 Å². The molecule has 0 unspecified atom stereocenters. The number of hydrogen-bond donors (Lipinski definition) is 0. The Morgan fingerprint density at radius 2 is 0.462 bits per heavy atom. The van der Waals surface area contributed by atoms with Crippen LogP contribution in [0, 0.1) is 0 Å². The molecule has 1 aliphatic carbocycles. The number of halogens is 6. The van der Waals surface area contributed by atoms with Gasteiger partial charge in [0.05, 0.1) is 32.3 Å². The molecule has 1 saturated carbocycles. The van der Waals surface area contributed by atoms with E-state index in [2.05, 4.69) is 0 Å². The minimum Gasteiger partial charge on any atom is -0.120 e. The molecule has 0 aromatic rings. The summed E-state index contributed by atoms with van der Waals surface area (Å²) in [5, 5.41) is -2.62. The minimum absolute atomic E-state index is 0. The first-order valence-electron chi connectivity index (χ1n) is 3.31. The number of rotatable bonds is 0. The van der Waals surface area contributed by atoms with E-state index in [0.29, 0.717) is 0 Å². The first-order chi connectivity index (χ1) is 5.46. The molecular weight excluding hydrogens is 348 g/mol. The van der Waals surface area contributed by atoms with Crippen LogP contribution in [-0.4, -0.2) is 32.3 Å². The van der Waals surface area contributed by atoms with Gasteiger partial charge in [-0.1, -0.05) is 0 Å². The van der Waals surface area contributed by atoms with Crippen molar-refractivity contribution in [1.29, 1.82) is 0 Å². The third-order valence-corrected chi connectivity index (χ3v) is 5.86. The molecule has 0 aliphatic heterocycles. The van der Waals surface area contributed by atoms with Gasteiger partial charge in [0.15, 0.2) is 0 Å². The zero-order valence-electron chi connectivity index (χ0n) is 6.03. The Kier molecular flexibility index (Phi) is 7.17. The molecular formula is C6H6Cl6Cu. The second-order valence-corrected chi connectivity index (χ2v) is 5.69. The van der Waals surface area contributed by atoms with Crippen LogP contribution in [0.4, 0.5) is 0 Å². The van der Waals surface area contributed by atoms with Crippen molar-refractivity contribution in [2.24, 2.45) is 0 Å². The van der Waals surface area contributed by atoms with Crippen molar-refractivity contribution in [2.75, 3.05) is 0 Å². The molecule has 13 heavy (non-hydrogen) atoms. The van der Waals surface area contributed by atoms with E-state index >= 15 is 0 Å². The van der Waals surface area contributed by atoms with Gasteiger partial charge >= 0.3 is 0 Å². The fourth-order valence-electron chi connectivity index (χ4n) is 1.05. The summed E-state index contributed by atoms with van der Waals surface area (Å²) in [7, 11) is 0. The SMILES string of the molecule is ClC1C(Cl)C(Cl)C(Cl)C(Cl)C1Cl.[Cu]. The van der Waals surface area contributed by atoms with Crippen molar-refractivity contribution >= 4 is 69.6 Å². The van der Waals surface area contributed by atoms with E-state index in [4.69, 9.17) is 69.6 Å². The van der Waals surface area contributed by atoms with Gasteiger partial charge < -0.3 is 0 Å². The molecule has 0 heterocycles. The van der Waals surface area contributed by atoms with Crippen LogP contribution in [0.15, 0.2) is 0 Å². The maximum absolute atomic E-state index is 5.88. The van der Waals surface area contributed by atoms with Crippen molar-refractivity contribution < 1.29 is 17.1 Å². The molecule has 83 valence electrons. The molecule has 0 aromatic carbocycles. The first-order valence-corrected chi connectivity index (χ1v) is 5.93. The Balaban J connectivity index is 0.00000144. The molecule has 0 N–H and O–H groups in total. The first kappa shape index (κ1) is 15.3. The summed E-state index contributed by atoms with van der Waals surface area (Å²) in [6.45, 7) is 0. The van der Waals surface area contributed by atoms with Crippen molar-refractivity contribution in [2.45, 2.75) is 32.3 Å². The molecule has 1 fully saturated rings. The fraction of sp³-hybridized carbons (Fsp3) is 1.00. The number of hydrogen-bond acceptors (Lipinski definition) is 0. The predicted octanol–water partition coefficient (Wildman–Crippen LogP) is 3.64. The summed E-state index contributed by atoms with van der Waals surface area (Å²) in [6, 6.07) is 0. The summed E-state index contributed by atoms with van der Waals surface area (Å²) < 4.78 is 0. The standard InChI is InChI=1S/C6H6Cl6.Cu/c7-1-2(8)4(10)6(12)5(11)3(1)9;/h1-6H;. The molecule has 0 saturated heterocycles. The van der Waals surface area contributed by atoms with Gasteiger partial charge in [-0.3, -0.25) is 0 Å². The summed E-state index contributed by atoms with van der Waals surface area (Å²) in [5.41, 5.74) is 0. The molecule has 0 spiro atoms. The van der Waals surface area contributed by atoms with Crippen LogP contribution in [0.25, 0.3) is 0 Å². The van der Waals surface area contributed by atoms with Crippen LogP contribution in [0.3, 0.4) is 0 Å². The summed E-state index contributed by atoms with van der Waals surface area (Å²) >= 11 is 35.3. The molecule has 1 aliphatic rings. The van der Waals surface area contributed by atoms with Crippen LogP contribution >= 0.6 is 69.6 Å². The topological polar surface area (TPSA) is 0 Å². The van der Waals surface area contributed by atoms with Crippen molar-refractivity contribution in [3.63, 3.8) is 0 Å². The molecule has 7 heteroatoms. The van der Waals surface area contributed by atoms with Crippen molar-refractivity contribution in [3.8, 4) is 0 Å². The molecule has 1 radical (unpaired) electrons. The van der Waals surface area contributed by atoms with E-state index in [1.54, 1.807) is 0 Å². The van der Waals surface area contributed by atoms with Gasteiger partial charge in [0.1, 0.15) is 0 Å². The van der Waals surface area contributed by atoms with E-state index in [9.17, 15) is 0 Å². The van der Waals surface area contributed by atoms with Crippen molar-refractivity contribution in [1.82, 2.24) is 0 Å². The van der Waals surface area contributed by atoms with Gasteiger partial charge in [-0.25, -0.2) is 0 Å². The summed E-state index contributed by atoms with van der Waals surface area (Å²) in [6.07, 6.45) is 0. The van der Waals surface area contributed by atoms with E-state index < -0.39 is 32.3 Å². The quantitative estimate of drug-likeness (QED) is 0.460. The molecule has 0 bridgehead atoms. The zero-order valence-corrected chi connectivity index (χ0v) is 11.5. The third-order valence-electron chi connectivity index (χ3n) is 1.83. The van der Waals surface area contributed by atoms with Crippen LogP contribution in [0.2, 0.25) is 0 Å². The maximum atomic E-state index is 5.88. The maximum Gasteiger partial charge on any atom is 0.0693 e. The summed E-state index contributed by atoms with van der Waals surface area (Å²) in [4.78, 5) is 0. The average molecular weight is 354 g/mol. The average Bonchev–Trinajstić information content (AvgIpc) is 2.08. The van der Waals surface area contributed by atoms with E-state index in [-0.39, 0.29) is 17.1 Å². The Morgan fingerprint density at radius 3 is 0.538 bits per heavy atom. The monoisotopic (exact) mass is 351 g/mol. The van der Waals surface area contributed by atoms with Gasteiger partial charge in [0.25, 0.3) is 0 Å². The predicted molar refractivity (Wildman–Crippen MR) is 57.8 cm³/mol. The molecule has 0 amide bonds. The van der Waals surface area contributed by atoms with Gasteiger partial charge in [-0.15, -0.1) is 69.6 Å². The summed E-state index contributed by atoms with van der Waals surface area (Å²) in [5.74, 6) is 0. The van der Waals surface area contributed by atoms with Crippen LogP contribution in [0.1, 0.15) is 0 Å². The van der Waals surface area contributed by atoms with Crippen LogP contribution in [-0.2, 0) is 17.1 Å². The Labute approximate surface area is 118 Å². The Hall–Kier alpha value is 2.26. The number of alkyl halides is 6. The van der Waals surface area contributed by atoms with Gasteiger partial charge in [0, 0.05) is 17.1 Å².